The van der Waals surface area contributed by atoms with Crippen molar-refractivity contribution < 1.29 is 18.7 Å². The summed E-state index contributed by atoms with van der Waals surface area (Å²) in [6.07, 6.45) is 0. The van der Waals surface area contributed by atoms with Gasteiger partial charge in [-0.25, -0.2) is 9.18 Å². The van der Waals surface area contributed by atoms with Crippen molar-refractivity contribution >= 4 is 29.0 Å². The number of nitrogens with zero attached hydrogens (tertiary/aromatic N) is 4. The van der Waals surface area contributed by atoms with Gasteiger partial charge in [0.25, 0.3) is 0 Å². The molecule has 1 atom stereocenters. The SMILES string of the molecule is COC(=O)C1=C(C(=O)c2cccs2)[C@@H](c2ccccc2F)n2nnnc2N1. The number of Topliss-reactive ketones (excluding diaryl/α,β-unsaturated/α-hetero) is 1. The highest BCUT2D eigenvalue weighted by molar-refractivity contribution is 7.12. The number of ketones is 1. The molecule has 10 heteroatoms. The van der Waals surface area contributed by atoms with E-state index in [1.165, 1.54) is 41.3 Å². The lowest BCUT2D eigenvalue weighted by Crippen LogP contribution is -2.33. The maximum Gasteiger partial charge on any atom is 0.355 e. The van der Waals surface area contributed by atoms with Crippen LogP contribution in [0.4, 0.5) is 10.3 Å². The molecule has 1 aliphatic rings. The summed E-state index contributed by atoms with van der Waals surface area (Å²) in [4.78, 5) is 26.0. The van der Waals surface area contributed by atoms with E-state index >= 15 is 0 Å². The minimum Gasteiger partial charge on any atom is -0.464 e. The van der Waals surface area contributed by atoms with E-state index in [1.807, 2.05) is 0 Å². The fraction of sp³-hybridized carbons (Fsp3) is 0.118. The molecule has 1 N–H and O–H groups in total. The monoisotopic (exact) mass is 385 g/mol. The van der Waals surface area contributed by atoms with Crippen LogP contribution in [-0.4, -0.2) is 39.1 Å². The highest BCUT2D eigenvalue weighted by Gasteiger charge is 2.39. The third-order valence-corrected chi connectivity index (χ3v) is 4.96. The number of fused-ring (bicyclic) bond motifs is 1. The van der Waals surface area contributed by atoms with Crippen LogP contribution in [0.1, 0.15) is 21.3 Å². The number of anilines is 1. The molecular weight excluding hydrogens is 373 g/mol. The number of nitrogens with one attached hydrogen (secondary N) is 1. The number of carbonyl (C=O) groups is 2. The molecule has 136 valence electrons. The van der Waals surface area contributed by atoms with Gasteiger partial charge in [-0.3, -0.25) is 4.79 Å². The number of thiophene rings is 1. The van der Waals surface area contributed by atoms with Crippen LogP contribution < -0.4 is 5.32 Å². The highest BCUT2D eigenvalue weighted by atomic mass is 32.1. The molecule has 0 saturated heterocycles. The number of ether oxygens (including phenoxy) is 1. The maximum absolute atomic E-state index is 14.6. The van der Waals surface area contributed by atoms with Crippen LogP contribution in [0.3, 0.4) is 0 Å². The summed E-state index contributed by atoms with van der Waals surface area (Å²) in [7, 11) is 1.19. The Balaban J connectivity index is 1.99. The van der Waals surface area contributed by atoms with Gasteiger partial charge in [-0.05, 0) is 27.9 Å². The Morgan fingerprint density at radius 3 is 2.78 bits per heavy atom. The largest absolute Gasteiger partial charge is 0.464 e. The molecule has 0 spiro atoms. The highest BCUT2D eigenvalue weighted by Crippen LogP contribution is 2.38. The first kappa shape index (κ1) is 17.0. The molecule has 2 aromatic heterocycles. The number of halogens is 1. The van der Waals surface area contributed by atoms with Gasteiger partial charge in [-0.2, -0.15) is 4.68 Å². The fourth-order valence-corrected chi connectivity index (χ4v) is 3.59. The predicted molar refractivity (Wildman–Crippen MR) is 93.7 cm³/mol. The normalized spacial score (nSPS) is 15.9. The van der Waals surface area contributed by atoms with Crippen LogP contribution in [0.5, 0.6) is 0 Å². The number of allylic oxidation sites excluding steroid dienone is 1. The Morgan fingerprint density at radius 1 is 1.26 bits per heavy atom. The smallest absolute Gasteiger partial charge is 0.355 e. The van der Waals surface area contributed by atoms with E-state index in [9.17, 15) is 14.0 Å². The van der Waals surface area contributed by atoms with Gasteiger partial charge in [0.15, 0.2) is 0 Å². The van der Waals surface area contributed by atoms with Crippen LogP contribution >= 0.6 is 11.3 Å². The van der Waals surface area contributed by atoms with Crippen molar-refractivity contribution in [2.45, 2.75) is 6.04 Å². The lowest BCUT2D eigenvalue weighted by Gasteiger charge is -2.28. The number of carbonyl (C=O) groups excluding carboxylic acids is 2. The van der Waals surface area contributed by atoms with Gasteiger partial charge < -0.3 is 10.1 Å². The van der Waals surface area contributed by atoms with E-state index in [2.05, 4.69) is 20.8 Å². The van der Waals surface area contributed by atoms with Gasteiger partial charge in [-0.1, -0.05) is 29.4 Å². The summed E-state index contributed by atoms with van der Waals surface area (Å²) in [5, 5.41) is 15.7. The van der Waals surface area contributed by atoms with Crippen LogP contribution in [0.15, 0.2) is 53.0 Å². The van der Waals surface area contributed by atoms with Gasteiger partial charge in [0.1, 0.15) is 17.6 Å². The predicted octanol–water partition coefficient (Wildman–Crippen LogP) is 2.20. The molecule has 27 heavy (non-hydrogen) atoms. The zero-order valence-corrected chi connectivity index (χ0v) is 14.7. The number of rotatable bonds is 4. The molecule has 0 aliphatic carbocycles. The van der Waals surface area contributed by atoms with Crippen LogP contribution in [0, 0.1) is 5.82 Å². The number of tetrazole rings is 1. The van der Waals surface area contributed by atoms with E-state index in [-0.39, 0.29) is 22.8 Å². The van der Waals surface area contributed by atoms with E-state index in [1.54, 1.807) is 23.6 Å². The van der Waals surface area contributed by atoms with Crippen LogP contribution in [-0.2, 0) is 9.53 Å². The van der Waals surface area contributed by atoms with Crippen molar-refractivity contribution in [1.82, 2.24) is 20.2 Å². The second kappa shape index (κ2) is 6.72. The standard InChI is InChI=1S/C17H12FN5O3S/c1-26-16(25)13-12(15(24)11-7-4-8-27-11)14(9-5-2-3-6-10(9)18)23-17(19-13)20-21-22-23/h2-8,14H,1H3,(H,19,20,22)/t14-/m1/s1. The molecule has 3 heterocycles. The van der Waals surface area contributed by atoms with Crippen LogP contribution in [0.25, 0.3) is 0 Å². The molecule has 0 saturated carbocycles. The third kappa shape index (κ3) is 2.79. The zero-order valence-electron chi connectivity index (χ0n) is 13.9. The van der Waals surface area contributed by atoms with E-state index < -0.39 is 23.6 Å². The number of aromatic nitrogens is 4. The number of benzene rings is 1. The molecule has 0 fully saturated rings. The van der Waals surface area contributed by atoms with Crippen molar-refractivity contribution in [2.75, 3.05) is 12.4 Å². The molecular formula is C17H12FN5O3S. The van der Waals surface area contributed by atoms with Crippen molar-refractivity contribution in [3.05, 3.63) is 69.3 Å². The Labute approximate surface area is 156 Å². The average molecular weight is 385 g/mol. The number of esters is 1. The van der Waals surface area contributed by atoms with Crippen LogP contribution in [0.2, 0.25) is 0 Å². The van der Waals surface area contributed by atoms with Gasteiger partial charge in [0.2, 0.25) is 11.7 Å². The molecule has 0 bridgehead atoms. The summed E-state index contributed by atoms with van der Waals surface area (Å²) in [5.74, 6) is -1.66. The Morgan fingerprint density at radius 2 is 2.07 bits per heavy atom. The fourth-order valence-electron chi connectivity index (χ4n) is 2.91. The van der Waals surface area contributed by atoms with Gasteiger partial charge in [-0.15, -0.1) is 11.3 Å². The molecule has 1 aromatic carbocycles. The average Bonchev–Trinajstić information content (AvgIpc) is 3.37. The molecule has 1 aliphatic heterocycles. The third-order valence-electron chi connectivity index (χ3n) is 4.10. The van der Waals surface area contributed by atoms with E-state index in [4.69, 9.17) is 4.74 Å². The Bertz CT molecular complexity index is 1060. The summed E-state index contributed by atoms with van der Waals surface area (Å²) in [6, 6.07) is 8.28. The van der Waals surface area contributed by atoms with Gasteiger partial charge >= 0.3 is 5.97 Å². The van der Waals surface area contributed by atoms with Crippen molar-refractivity contribution in [2.24, 2.45) is 0 Å². The topological polar surface area (TPSA) is 99.0 Å². The Kier molecular flexibility index (Phi) is 4.24. The molecule has 3 aromatic rings. The molecule has 0 unspecified atom stereocenters. The number of methoxy groups -OCH3 is 1. The minimum absolute atomic E-state index is 0.00852. The summed E-state index contributed by atoms with van der Waals surface area (Å²) < 4.78 is 20.7. The van der Waals surface area contributed by atoms with Crippen molar-refractivity contribution in [3.63, 3.8) is 0 Å². The molecule has 0 amide bonds. The second-order valence-electron chi connectivity index (χ2n) is 5.58. The second-order valence-corrected chi connectivity index (χ2v) is 6.53. The summed E-state index contributed by atoms with van der Waals surface area (Å²) in [6.45, 7) is 0. The number of hydrogen-bond acceptors (Lipinski definition) is 8. The van der Waals surface area contributed by atoms with Crippen molar-refractivity contribution in [1.29, 1.82) is 0 Å². The van der Waals surface area contributed by atoms with Gasteiger partial charge in [0.05, 0.1) is 17.6 Å². The lowest BCUT2D eigenvalue weighted by molar-refractivity contribution is -0.136. The van der Waals surface area contributed by atoms with Crippen molar-refractivity contribution in [3.8, 4) is 0 Å². The molecule has 0 radical (unpaired) electrons. The first-order valence-electron chi connectivity index (χ1n) is 7.81. The molecule has 8 nitrogen and oxygen atoms in total. The van der Waals surface area contributed by atoms with Gasteiger partial charge in [0, 0.05) is 5.56 Å². The Hall–Kier alpha value is -3.40. The van der Waals surface area contributed by atoms with E-state index in [0.717, 1.165) is 0 Å². The number of hydrogen-bond donors (Lipinski definition) is 1. The maximum atomic E-state index is 14.6. The first-order valence-corrected chi connectivity index (χ1v) is 8.69. The molecule has 4 rings (SSSR count). The quantitative estimate of drug-likeness (QED) is 0.543. The lowest BCUT2D eigenvalue weighted by atomic mass is 9.91. The first-order chi connectivity index (χ1) is 13.1. The summed E-state index contributed by atoms with van der Waals surface area (Å²) >= 11 is 1.21. The minimum atomic E-state index is -1.03. The van der Waals surface area contributed by atoms with E-state index in [0.29, 0.717) is 4.88 Å². The zero-order chi connectivity index (χ0) is 19.0. The summed E-state index contributed by atoms with van der Waals surface area (Å²) in [5.41, 5.74) is 0.0505.